The van der Waals surface area contributed by atoms with Crippen LogP contribution in [0.2, 0.25) is 0 Å². The van der Waals surface area contributed by atoms with Crippen molar-refractivity contribution in [1.82, 2.24) is 0 Å². The first-order chi connectivity index (χ1) is 14.6. The van der Waals surface area contributed by atoms with Crippen LogP contribution in [-0.2, 0) is 19.1 Å². The Labute approximate surface area is 173 Å². The zero-order valence-corrected chi connectivity index (χ0v) is 16.3. The standard InChI is InChI=1S/C22H22N2O6/c25-20-12-24(19-6-2-1-5-18(19)23-20)21(26)14-30-22(27)15-7-9-16(10-8-15)29-13-17-4-3-11-28-17/h1-2,5-10,17H,3-4,11-14H2,(H,23,25)/t17-/m1/s1. The molecule has 2 aromatic rings. The third-order valence-electron chi connectivity index (χ3n) is 4.95. The molecule has 0 spiro atoms. The Bertz CT molecular complexity index is 937. The number of nitrogens with zero attached hydrogens (tertiary/aromatic N) is 1. The van der Waals surface area contributed by atoms with Gasteiger partial charge in [0.15, 0.2) is 6.61 Å². The lowest BCUT2D eigenvalue weighted by molar-refractivity contribution is -0.124. The Morgan fingerprint density at radius 3 is 2.70 bits per heavy atom. The summed E-state index contributed by atoms with van der Waals surface area (Å²) in [5.74, 6) is -0.757. The molecule has 2 aliphatic rings. The lowest BCUT2D eigenvalue weighted by Crippen LogP contribution is -2.44. The van der Waals surface area contributed by atoms with Gasteiger partial charge in [0.25, 0.3) is 5.91 Å². The fourth-order valence-electron chi connectivity index (χ4n) is 3.40. The van der Waals surface area contributed by atoms with Crippen molar-refractivity contribution in [2.24, 2.45) is 0 Å². The molecule has 0 saturated carbocycles. The molecule has 0 aliphatic carbocycles. The summed E-state index contributed by atoms with van der Waals surface area (Å²) < 4.78 is 16.3. The molecular weight excluding hydrogens is 388 g/mol. The summed E-state index contributed by atoms with van der Waals surface area (Å²) >= 11 is 0. The van der Waals surface area contributed by atoms with E-state index in [1.165, 1.54) is 4.90 Å². The van der Waals surface area contributed by atoms with Gasteiger partial charge in [-0.15, -0.1) is 0 Å². The van der Waals surface area contributed by atoms with E-state index in [9.17, 15) is 14.4 Å². The highest BCUT2D eigenvalue weighted by atomic mass is 16.5. The van der Waals surface area contributed by atoms with E-state index in [1.807, 2.05) is 0 Å². The average Bonchev–Trinajstić information content (AvgIpc) is 3.29. The number of para-hydroxylation sites is 2. The summed E-state index contributed by atoms with van der Waals surface area (Å²) in [4.78, 5) is 38.0. The number of rotatable bonds is 6. The monoisotopic (exact) mass is 410 g/mol. The quantitative estimate of drug-likeness (QED) is 0.735. The van der Waals surface area contributed by atoms with E-state index < -0.39 is 18.5 Å². The first-order valence-corrected chi connectivity index (χ1v) is 9.81. The van der Waals surface area contributed by atoms with Gasteiger partial charge in [-0.05, 0) is 49.2 Å². The molecule has 1 atom stereocenters. The van der Waals surface area contributed by atoms with Gasteiger partial charge in [-0.3, -0.25) is 14.5 Å². The smallest absolute Gasteiger partial charge is 0.338 e. The molecule has 4 rings (SSSR count). The molecule has 156 valence electrons. The normalized spacial score (nSPS) is 17.8. The lowest BCUT2D eigenvalue weighted by Gasteiger charge is -2.28. The maximum atomic E-state index is 12.5. The predicted molar refractivity (Wildman–Crippen MR) is 109 cm³/mol. The molecule has 0 unspecified atom stereocenters. The SMILES string of the molecule is O=C1CN(C(=O)COC(=O)c2ccc(OC[C@H]3CCCO3)cc2)c2ccccc2N1. The van der Waals surface area contributed by atoms with Crippen molar-refractivity contribution in [3.8, 4) is 5.75 Å². The van der Waals surface area contributed by atoms with Crippen LogP contribution in [-0.4, -0.2) is 50.3 Å². The maximum absolute atomic E-state index is 12.5. The number of hydrogen-bond acceptors (Lipinski definition) is 6. The van der Waals surface area contributed by atoms with Gasteiger partial charge in [0, 0.05) is 6.61 Å². The van der Waals surface area contributed by atoms with Gasteiger partial charge in [0.1, 0.15) is 18.9 Å². The fraction of sp³-hybridized carbons (Fsp3) is 0.318. The largest absolute Gasteiger partial charge is 0.491 e. The van der Waals surface area contributed by atoms with E-state index in [0.717, 1.165) is 19.4 Å². The van der Waals surface area contributed by atoms with Crippen molar-refractivity contribution in [3.63, 3.8) is 0 Å². The van der Waals surface area contributed by atoms with E-state index in [-0.39, 0.29) is 18.6 Å². The molecule has 1 N–H and O–H groups in total. The number of fused-ring (bicyclic) bond motifs is 1. The molecule has 2 aromatic carbocycles. The molecule has 0 bridgehead atoms. The summed E-state index contributed by atoms with van der Waals surface area (Å²) in [6, 6.07) is 13.5. The van der Waals surface area contributed by atoms with Gasteiger partial charge < -0.3 is 19.5 Å². The van der Waals surface area contributed by atoms with Crippen LogP contribution < -0.4 is 15.0 Å². The fourth-order valence-corrected chi connectivity index (χ4v) is 3.40. The van der Waals surface area contributed by atoms with E-state index in [1.54, 1.807) is 48.5 Å². The molecule has 1 fully saturated rings. The summed E-state index contributed by atoms with van der Waals surface area (Å²) in [5, 5.41) is 2.71. The van der Waals surface area contributed by atoms with Gasteiger partial charge in [-0.1, -0.05) is 12.1 Å². The Morgan fingerprint density at radius 1 is 1.13 bits per heavy atom. The Balaban J connectivity index is 1.31. The van der Waals surface area contributed by atoms with Crippen LogP contribution in [0.15, 0.2) is 48.5 Å². The highest BCUT2D eigenvalue weighted by Crippen LogP contribution is 2.28. The van der Waals surface area contributed by atoms with Gasteiger partial charge >= 0.3 is 5.97 Å². The second-order valence-electron chi connectivity index (χ2n) is 7.09. The highest BCUT2D eigenvalue weighted by molar-refractivity contribution is 6.10. The lowest BCUT2D eigenvalue weighted by atomic mass is 10.2. The second kappa shape index (κ2) is 8.96. The summed E-state index contributed by atoms with van der Waals surface area (Å²) in [5.41, 5.74) is 1.43. The Hall–Kier alpha value is -3.39. The van der Waals surface area contributed by atoms with Crippen LogP contribution in [0.25, 0.3) is 0 Å². The second-order valence-corrected chi connectivity index (χ2v) is 7.09. The molecule has 8 nitrogen and oxygen atoms in total. The van der Waals surface area contributed by atoms with E-state index in [0.29, 0.717) is 29.3 Å². The molecular formula is C22H22N2O6. The average molecular weight is 410 g/mol. The van der Waals surface area contributed by atoms with Crippen LogP contribution in [0.3, 0.4) is 0 Å². The van der Waals surface area contributed by atoms with Crippen LogP contribution in [0.4, 0.5) is 11.4 Å². The summed E-state index contributed by atoms with van der Waals surface area (Å²) in [6.45, 7) is 0.663. The molecule has 2 aliphatic heterocycles. The number of esters is 1. The van der Waals surface area contributed by atoms with Crippen molar-refractivity contribution in [2.75, 3.05) is 36.6 Å². The number of nitrogens with one attached hydrogen (secondary N) is 1. The molecule has 2 amide bonds. The number of carbonyl (C=O) groups excluding carboxylic acids is 3. The van der Waals surface area contributed by atoms with E-state index in [2.05, 4.69) is 5.32 Å². The van der Waals surface area contributed by atoms with E-state index >= 15 is 0 Å². The molecule has 8 heteroatoms. The molecule has 30 heavy (non-hydrogen) atoms. The van der Waals surface area contributed by atoms with Gasteiger partial charge in [-0.2, -0.15) is 0 Å². The van der Waals surface area contributed by atoms with Crippen LogP contribution in [0, 0.1) is 0 Å². The van der Waals surface area contributed by atoms with Crippen LogP contribution >= 0.6 is 0 Å². The summed E-state index contributed by atoms with van der Waals surface area (Å²) in [6.07, 6.45) is 2.15. The number of benzene rings is 2. The number of ether oxygens (including phenoxy) is 3. The van der Waals surface area contributed by atoms with Crippen molar-refractivity contribution >= 4 is 29.2 Å². The number of hydrogen-bond donors (Lipinski definition) is 1. The maximum Gasteiger partial charge on any atom is 0.338 e. The number of amides is 2. The van der Waals surface area contributed by atoms with Gasteiger partial charge in [-0.25, -0.2) is 4.79 Å². The minimum Gasteiger partial charge on any atom is -0.491 e. The predicted octanol–water partition coefficient (Wildman–Crippen LogP) is 2.39. The molecule has 0 radical (unpaired) electrons. The van der Waals surface area contributed by atoms with Gasteiger partial charge in [0.05, 0.1) is 23.0 Å². The third-order valence-corrected chi connectivity index (χ3v) is 4.95. The van der Waals surface area contributed by atoms with Gasteiger partial charge in [0.2, 0.25) is 5.91 Å². The molecule has 1 saturated heterocycles. The van der Waals surface area contributed by atoms with Crippen LogP contribution in [0.5, 0.6) is 5.75 Å². The highest BCUT2D eigenvalue weighted by Gasteiger charge is 2.27. The van der Waals surface area contributed by atoms with E-state index in [4.69, 9.17) is 14.2 Å². The van der Waals surface area contributed by atoms with Crippen molar-refractivity contribution in [3.05, 3.63) is 54.1 Å². The minimum absolute atomic E-state index is 0.114. The first-order valence-electron chi connectivity index (χ1n) is 9.81. The van der Waals surface area contributed by atoms with Crippen molar-refractivity contribution in [2.45, 2.75) is 18.9 Å². The summed E-state index contributed by atoms with van der Waals surface area (Å²) in [7, 11) is 0. The third kappa shape index (κ3) is 4.60. The zero-order chi connectivity index (χ0) is 20.9. The van der Waals surface area contributed by atoms with Crippen molar-refractivity contribution in [1.29, 1.82) is 0 Å². The first kappa shape index (κ1) is 19.9. The number of anilines is 2. The van der Waals surface area contributed by atoms with Crippen LogP contribution in [0.1, 0.15) is 23.2 Å². The van der Waals surface area contributed by atoms with Crippen molar-refractivity contribution < 1.29 is 28.6 Å². The topological polar surface area (TPSA) is 94.2 Å². The zero-order valence-electron chi connectivity index (χ0n) is 16.3. The Kier molecular flexibility index (Phi) is 5.94. The number of carbonyl (C=O) groups is 3. The molecule has 2 heterocycles. The Morgan fingerprint density at radius 2 is 1.93 bits per heavy atom. The minimum atomic E-state index is -0.622. The molecule has 0 aromatic heterocycles.